The molecule has 0 aliphatic heterocycles. The van der Waals surface area contributed by atoms with Gasteiger partial charge in [-0.05, 0) is 48.3 Å². The largest absolute Gasteiger partial charge is 0.365 e. The molecule has 0 fully saturated rings. The van der Waals surface area contributed by atoms with Crippen LogP contribution in [0.25, 0.3) is 0 Å². The minimum Gasteiger partial charge on any atom is -0.365 e. The Kier molecular flexibility index (Phi) is 5.58. The second-order valence-corrected chi connectivity index (χ2v) is 9.11. The van der Waals surface area contributed by atoms with Crippen LogP contribution in [0, 0.1) is 11.3 Å². The summed E-state index contributed by atoms with van der Waals surface area (Å²) >= 11 is 7.47. The van der Waals surface area contributed by atoms with Gasteiger partial charge in [0.1, 0.15) is 10.2 Å². The van der Waals surface area contributed by atoms with Crippen LogP contribution in [0.4, 0.5) is 5.00 Å². The number of rotatable bonds is 5. The fraction of sp³-hybridized carbons (Fsp3) is 0.450. The van der Waals surface area contributed by atoms with Gasteiger partial charge in [-0.2, -0.15) is 0 Å². The van der Waals surface area contributed by atoms with Gasteiger partial charge in [-0.15, -0.1) is 11.3 Å². The number of halogens is 1. The summed E-state index contributed by atoms with van der Waals surface area (Å²) in [6, 6.07) is 3.24. The number of carbonyl (C=O) groups is 2. The summed E-state index contributed by atoms with van der Waals surface area (Å²) < 4.78 is 0. The molecule has 3 rings (SSSR count). The summed E-state index contributed by atoms with van der Waals surface area (Å²) in [7, 11) is 0. The Balaban J connectivity index is 1.93. The fourth-order valence-electron chi connectivity index (χ4n) is 3.62. The van der Waals surface area contributed by atoms with E-state index in [-0.39, 0.29) is 22.0 Å². The summed E-state index contributed by atoms with van der Waals surface area (Å²) in [6.07, 6.45) is 5.36. The summed E-state index contributed by atoms with van der Waals surface area (Å²) in [5, 5.41) is 3.46. The van der Waals surface area contributed by atoms with Crippen LogP contribution in [0.2, 0.25) is 5.15 Å². The number of anilines is 1. The van der Waals surface area contributed by atoms with Gasteiger partial charge in [-0.25, -0.2) is 4.98 Å². The smallest absolute Gasteiger partial charge is 0.259 e. The zero-order chi connectivity index (χ0) is 19.8. The Bertz CT molecular complexity index is 891. The van der Waals surface area contributed by atoms with Crippen molar-refractivity contribution in [2.24, 2.45) is 17.1 Å². The summed E-state index contributed by atoms with van der Waals surface area (Å²) in [4.78, 5) is 29.8. The molecule has 27 heavy (non-hydrogen) atoms. The third kappa shape index (κ3) is 3.87. The highest BCUT2D eigenvalue weighted by Crippen LogP contribution is 2.45. The number of nitrogens with zero attached hydrogens (tertiary/aromatic N) is 1. The van der Waals surface area contributed by atoms with Crippen molar-refractivity contribution in [1.82, 2.24) is 4.98 Å². The van der Waals surface area contributed by atoms with E-state index in [9.17, 15) is 9.59 Å². The first-order valence-corrected chi connectivity index (χ1v) is 10.3. The predicted octanol–water partition coefficient (Wildman–Crippen LogP) is 4.69. The maximum atomic E-state index is 12.6. The highest BCUT2D eigenvalue weighted by Gasteiger charge is 2.35. The van der Waals surface area contributed by atoms with Crippen molar-refractivity contribution in [3.05, 3.63) is 45.1 Å². The maximum absolute atomic E-state index is 12.6. The Labute approximate surface area is 168 Å². The highest BCUT2D eigenvalue weighted by atomic mass is 35.5. The lowest BCUT2D eigenvalue weighted by atomic mass is 9.69. The molecular weight excluding hydrogens is 382 g/mol. The van der Waals surface area contributed by atoms with Gasteiger partial charge in [-0.3, -0.25) is 9.59 Å². The van der Waals surface area contributed by atoms with E-state index in [4.69, 9.17) is 17.3 Å². The number of nitrogens with one attached hydrogen (secondary N) is 1. The van der Waals surface area contributed by atoms with Crippen molar-refractivity contribution >= 4 is 39.8 Å². The van der Waals surface area contributed by atoms with Gasteiger partial charge in [0.25, 0.3) is 11.8 Å². The van der Waals surface area contributed by atoms with Crippen LogP contribution in [-0.4, -0.2) is 16.8 Å². The number of hydrogen-bond donors (Lipinski definition) is 2. The molecule has 2 aromatic rings. The van der Waals surface area contributed by atoms with E-state index in [0.717, 1.165) is 36.1 Å². The van der Waals surface area contributed by atoms with E-state index in [0.29, 0.717) is 16.5 Å². The Morgan fingerprint density at radius 3 is 2.81 bits per heavy atom. The van der Waals surface area contributed by atoms with Crippen LogP contribution < -0.4 is 11.1 Å². The average molecular weight is 406 g/mol. The third-order valence-electron chi connectivity index (χ3n) is 5.76. The van der Waals surface area contributed by atoms with E-state index in [2.05, 4.69) is 31.1 Å². The number of primary amides is 1. The van der Waals surface area contributed by atoms with Crippen LogP contribution >= 0.6 is 22.9 Å². The monoisotopic (exact) mass is 405 g/mol. The molecule has 2 amide bonds. The fourth-order valence-corrected chi connectivity index (χ4v) is 5.15. The van der Waals surface area contributed by atoms with Crippen molar-refractivity contribution in [2.45, 2.75) is 46.5 Å². The summed E-state index contributed by atoms with van der Waals surface area (Å²) in [5.74, 6) is -0.349. The predicted molar refractivity (Wildman–Crippen MR) is 110 cm³/mol. The number of pyridine rings is 1. The van der Waals surface area contributed by atoms with Gasteiger partial charge in [0.2, 0.25) is 0 Å². The number of amides is 2. The van der Waals surface area contributed by atoms with Gasteiger partial charge >= 0.3 is 0 Å². The Morgan fingerprint density at radius 1 is 1.44 bits per heavy atom. The number of aromatic nitrogens is 1. The quantitative estimate of drug-likeness (QED) is 0.707. The second kappa shape index (κ2) is 7.60. The number of thiophene rings is 1. The Hall–Kier alpha value is -1.92. The zero-order valence-corrected chi connectivity index (χ0v) is 17.3. The standard InChI is InChI=1S/C20H24ClN3O2S/c1-4-20(2,3)11-7-8-12-14(10-11)27-19(15(12)17(22)25)24-18(26)13-6-5-9-23-16(13)21/h5-6,9,11H,4,7-8,10H2,1-3H3,(H2,22,25)(H,24,26)/t11-/m0/s1. The minimum absolute atomic E-state index is 0.127. The summed E-state index contributed by atoms with van der Waals surface area (Å²) in [6.45, 7) is 6.79. The van der Waals surface area contributed by atoms with Crippen molar-refractivity contribution in [2.75, 3.05) is 5.32 Å². The van der Waals surface area contributed by atoms with Gasteiger partial charge in [0.05, 0.1) is 11.1 Å². The lowest BCUT2D eigenvalue weighted by molar-refractivity contribution is 0.0999. The Morgan fingerprint density at radius 2 is 2.19 bits per heavy atom. The molecule has 0 unspecified atom stereocenters. The number of nitrogens with two attached hydrogens (primary N) is 1. The van der Waals surface area contributed by atoms with Gasteiger partial charge < -0.3 is 11.1 Å². The molecule has 3 N–H and O–H groups in total. The molecule has 0 radical (unpaired) electrons. The molecule has 0 spiro atoms. The number of fused-ring (bicyclic) bond motifs is 1. The van der Waals surface area contributed by atoms with Crippen molar-refractivity contribution in [1.29, 1.82) is 0 Å². The molecule has 2 aromatic heterocycles. The van der Waals surface area contributed by atoms with E-state index in [1.54, 1.807) is 12.1 Å². The van der Waals surface area contributed by atoms with Gasteiger partial charge in [0, 0.05) is 11.1 Å². The molecule has 7 heteroatoms. The third-order valence-corrected chi connectivity index (χ3v) is 7.23. The lowest BCUT2D eigenvalue weighted by Gasteiger charge is -2.36. The highest BCUT2D eigenvalue weighted by molar-refractivity contribution is 7.17. The average Bonchev–Trinajstić information content (AvgIpc) is 2.99. The topological polar surface area (TPSA) is 85.1 Å². The van der Waals surface area contributed by atoms with Crippen molar-refractivity contribution in [3.63, 3.8) is 0 Å². The SMILES string of the molecule is CCC(C)(C)[C@H]1CCc2c(sc(NC(=O)c3cccnc3Cl)c2C(N)=O)C1. The molecule has 1 atom stereocenters. The number of carbonyl (C=O) groups excluding carboxylic acids is 2. The molecule has 0 aromatic carbocycles. The van der Waals surface area contributed by atoms with Crippen LogP contribution in [0.1, 0.15) is 64.8 Å². The molecule has 0 saturated carbocycles. The van der Waals surface area contributed by atoms with Crippen LogP contribution in [0.3, 0.4) is 0 Å². The first-order valence-electron chi connectivity index (χ1n) is 9.10. The summed E-state index contributed by atoms with van der Waals surface area (Å²) in [5.41, 5.74) is 7.59. The molecule has 2 heterocycles. The van der Waals surface area contributed by atoms with Crippen LogP contribution in [0.15, 0.2) is 18.3 Å². The van der Waals surface area contributed by atoms with E-state index < -0.39 is 5.91 Å². The van der Waals surface area contributed by atoms with Gasteiger partial charge in [0.15, 0.2) is 0 Å². The zero-order valence-electron chi connectivity index (χ0n) is 15.8. The van der Waals surface area contributed by atoms with Crippen molar-refractivity contribution in [3.8, 4) is 0 Å². The minimum atomic E-state index is -0.506. The number of hydrogen-bond acceptors (Lipinski definition) is 4. The molecule has 0 saturated heterocycles. The first kappa shape index (κ1) is 19.8. The normalized spacial score (nSPS) is 16.7. The molecule has 0 bridgehead atoms. The van der Waals surface area contributed by atoms with Gasteiger partial charge in [-0.1, -0.05) is 38.8 Å². The van der Waals surface area contributed by atoms with E-state index >= 15 is 0 Å². The van der Waals surface area contributed by atoms with E-state index in [1.807, 2.05) is 0 Å². The van der Waals surface area contributed by atoms with Crippen LogP contribution in [0.5, 0.6) is 0 Å². The molecule has 144 valence electrons. The molecule has 1 aliphatic rings. The maximum Gasteiger partial charge on any atom is 0.259 e. The molecule has 5 nitrogen and oxygen atoms in total. The molecular formula is C20H24ClN3O2S. The van der Waals surface area contributed by atoms with Crippen molar-refractivity contribution < 1.29 is 9.59 Å². The van der Waals surface area contributed by atoms with Crippen LogP contribution in [-0.2, 0) is 12.8 Å². The van der Waals surface area contributed by atoms with E-state index in [1.165, 1.54) is 17.5 Å². The second-order valence-electron chi connectivity index (χ2n) is 7.65. The lowest BCUT2D eigenvalue weighted by Crippen LogP contribution is -2.29. The first-order chi connectivity index (χ1) is 12.7. The molecule has 1 aliphatic carbocycles.